The maximum atomic E-state index is 11.7. The number of anilines is 1. The van der Waals surface area contributed by atoms with Crippen molar-refractivity contribution in [1.29, 1.82) is 0 Å². The molecule has 1 aliphatic heterocycles. The topological polar surface area (TPSA) is 155 Å². The lowest BCUT2D eigenvalue weighted by Crippen LogP contribution is -2.61. The lowest BCUT2D eigenvalue weighted by Gasteiger charge is -2.38. The fraction of sp³-hybridized carbons (Fsp3) is 0.600. The highest BCUT2D eigenvalue weighted by atomic mass is 16.7. The Bertz CT molecular complexity index is 752. The van der Waals surface area contributed by atoms with Crippen LogP contribution in [0.3, 0.4) is 0 Å². The van der Waals surface area contributed by atoms with Crippen LogP contribution in [0.4, 0.5) is 5.69 Å². The van der Waals surface area contributed by atoms with Crippen LogP contribution < -0.4 is 10.1 Å². The van der Waals surface area contributed by atoms with E-state index in [9.17, 15) is 24.9 Å². The first kappa shape index (κ1) is 23.9. The summed E-state index contributed by atoms with van der Waals surface area (Å²) in [5, 5.41) is 42.2. The fourth-order valence-electron chi connectivity index (χ4n) is 2.79. The zero-order valence-corrected chi connectivity index (χ0v) is 17.3. The van der Waals surface area contributed by atoms with E-state index >= 15 is 0 Å². The number of carboxylic acid groups (broad SMARTS) is 1. The highest BCUT2D eigenvalue weighted by Gasteiger charge is 2.48. The van der Waals surface area contributed by atoms with Crippen LogP contribution in [0, 0.1) is 5.92 Å². The monoisotopic (exact) mass is 427 g/mol. The number of nitrogens with one attached hydrogen (secondary N) is 1. The van der Waals surface area contributed by atoms with Gasteiger partial charge in [0.15, 0.2) is 6.10 Å². The number of aliphatic carboxylic acids is 1. The predicted molar refractivity (Wildman–Crippen MR) is 105 cm³/mol. The standard InChI is InChI=1S/C20H29NO9/c1-9(2)19(27)28-8-11-5-6-13(12(7-11)21-10(3)4)29-20-16(24)14(22)15(23)17(30-20)18(25)26/h5-7,9-10,14-17,20-24H,8H2,1-4H3,(H,25,26)/t14-,15-,16+,17-,20+/m0/s1. The van der Waals surface area contributed by atoms with Crippen molar-refractivity contribution in [3.63, 3.8) is 0 Å². The zero-order valence-electron chi connectivity index (χ0n) is 17.3. The molecule has 2 rings (SSSR count). The summed E-state index contributed by atoms with van der Waals surface area (Å²) in [6.45, 7) is 7.30. The number of ether oxygens (including phenoxy) is 3. The van der Waals surface area contributed by atoms with E-state index < -0.39 is 36.7 Å². The van der Waals surface area contributed by atoms with Crippen molar-refractivity contribution < 1.29 is 44.2 Å². The van der Waals surface area contributed by atoms with Crippen molar-refractivity contribution in [3.05, 3.63) is 23.8 Å². The van der Waals surface area contributed by atoms with Crippen molar-refractivity contribution in [2.75, 3.05) is 5.32 Å². The third-order valence-electron chi connectivity index (χ3n) is 4.40. The molecule has 10 heteroatoms. The SMILES string of the molecule is CC(C)Nc1cc(COC(=O)C(C)C)ccc1O[C@@H]1O[C@H](C(=O)O)[C@@H](O)[C@H](O)[C@H]1O. The average molecular weight is 427 g/mol. The van der Waals surface area contributed by atoms with Crippen LogP contribution in [0.5, 0.6) is 5.75 Å². The molecule has 1 fully saturated rings. The molecule has 0 aliphatic carbocycles. The number of carbonyl (C=O) groups excluding carboxylic acids is 1. The Balaban J connectivity index is 2.22. The van der Waals surface area contributed by atoms with Gasteiger partial charge in [-0.3, -0.25) is 4.79 Å². The molecule has 10 nitrogen and oxygen atoms in total. The Morgan fingerprint density at radius 2 is 1.77 bits per heavy atom. The average Bonchev–Trinajstić information content (AvgIpc) is 2.67. The van der Waals surface area contributed by atoms with Gasteiger partial charge < -0.3 is 40.0 Å². The number of aliphatic hydroxyl groups is 3. The third kappa shape index (κ3) is 5.82. The Labute approximate surface area is 174 Å². The van der Waals surface area contributed by atoms with Gasteiger partial charge in [0.05, 0.1) is 11.6 Å². The Hall–Kier alpha value is -2.40. The molecule has 0 radical (unpaired) electrons. The molecule has 1 aliphatic rings. The summed E-state index contributed by atoms with van der Waals surface area (Å²) in [4.78, 5) is 22.9. The Morgan fingerprint density at radius 3 is 2.33 bits per heavy atom. The van der Waals surface area contributed by atoms with E-state index in [1.54, 1.807) is 32.0 Å². The van der Waals surface area contributed by atoms with Gasteiger partial charge in [0.25, 0.3) is 0 Å². The van der Waals surface area contributed by atoms with Crippen molar-refractivity contribution in [3.8, 4) is 5.75 Å². The van der Waals surface area contributed by atoms with Gasteiger partial charge in [-0.25, -0.2) is 4.79 Å². The second-order valence-corrected chi connectivity index (χ2v) is 7.74. The van der Waals surface area contributed by atoms with Crippen molar-refractivity contribution in [2.24, 2.45) is 5.92 Å². The van der Waals surface area contributed by atoms with E-state index in [4.69, 9.17) is 19.3 Å². The number of aliphatic hydroxyl groups excluding tert-OH is 3. The summed E-state index contributed by atoms with van der Waals surface area (Å²) >= 11 is 0. The molecule has 1 heterocycles. The van der Waals surface area contributed by atoms with E-state index in [0.717, 1.165) is 0 Å². The minimum Gasteiger partial charge on any atom is -0.479 e. The van der Waals surface area contributed by atoms with Gasteiger partial charge in [-0.05, 0) is 31.5 Å². The summed E-state index contributed by atoms with van der Waals surface area (Å²) in [6, 6.07) is 4.88. The van der Waals surface area contributed by atoms with Gasteiger partial charge in [0.1, 0.15) is 30.7 Å². The van der Waals surface area contributed by atoms with Crippen LogP contribution in [-0.2, 0) is 25.7 Å². The number of esters is 1. The molecule has 0 amide bonds. The van der Waals surface area contributed by atoms with Crippen LogP contribution in [0.15, 0.2) is 18.2 Å². The van der Waals surface area contributed by atoms with Crippen LogP contribution in [0.1, 0.15) is 33.3 Å². The number of benzene rings is 1. The normalized spacial score (nSPS) is 26.5. The summed E-state index contributed by atoms with van der Waals surface area (Å²) in [7, 11) is 0. The number of carboxylic acids is 1. The van der Waals surface area contributed by atoms with Crippen molar-refractivity contribution >= 4 is 17.6 Å². The second-order valence-electron chi connectivity index (χ2n) is 7.74. The van der Waals surface area contributed by atoms with Gasteiger partial charge in [0.2, 0.25) is 6.29 Å². The highest BCUT2D eigenvalue weighted by molar-refractivity contribution is 5.73. The maximum Gasteiger partial charge on any atom is 0.335 e. The summed E-state index contributed by atoms with van der Waals surface area (Å²) in [6.07, 6.45) is -8.52. The van der Waals surface area contributed by atoms with E-state index in [-0.39, 0.29) is 30.3 Å². The minimum absolute atomic E-state index is 0.00260. The minimum atomic E-state index is -1.80. The maximum absolute atomic E-state index is 11.7. The first-order valence-corrected chi connectivity index (χ1v) is 9.66. The molecule has 0 aromatic heterocycles. The number of carbonyl (C=O) groups is 2. The fourth-order valence-corrected chi connectivity index (χ4v) is 2.79. The Morgan fingerprint density at radius 1 is 1.10 bits per heavy atom. The number of rotatable bonds is 8. The smallest absolute Gasteiger partial charge is 0.335 e. The van der Waals surface area contributed by atoms with E-state index in [1.807, 2.05) is 13.8 Å². The number of hydrogen-bond acceptors (Lipinski definition) is 9. The van der Waals surface area contributed by atoms with Crippen molar-refractivity contribution in [2.45, 2.75) is 71.0 Å². The van der Waals surface area contributed by atoms with Gasteiger partial charge in [0, 0.05) is 6.04 Å². The van der Waals surface area contributed by atoms with E-state index in [2.05, 4.69) is 5.32 Å². The van der Waals surface area contributed by atoms with E-state index in [0.29, 0.717) is 11.3 Å². The molecule has 0 unspecified atom stereocenters. The first-order chi connectivity index (χ1) is 14.0. The lowest BCUT2D eigenvalue weighted by molar-refractivity contribution is -0.271. The molecule has 30 heavy (non-hydrogen) atoms. The van der Waals surface area contributed by atoms with Gasteiger partial charge in [-0.1, -0.05) is 19.9 Å². The van der Waals surface area contributed by atoms with Crippen LogP contribution in [0.25, 0.3) is 0 Å². The van der Waals surface area contributed by atoms with Crippen molar-refractivity contribution in [1.82, 2.24) is 0 Å². The van der Waals surface area contributed by atoms with Crippen LogP contribution in [0.2, 0.25) is 0 Å². The largest absolute Gasteiger partial charge is 0.479 e. The van der Waals surface area contributed by atoms with Gasteiger partial charge >= 0.3 is 11.9 Å². The summed E-state index contributed by atoms with van der Waals surface area (Å²) < 4.78 is 16.0. The molecule has 5 atom stereocenters. The molecule has 5 N–H and O–H groups in total. The summed E-state index contributed by atoms with van der Waals surface area (Å²) in [5.74, 6) is -1.86. The molecule has 1 aromatic rings. The molecule has 168 valence electrons. The number of hydrogen-bond donors (Lipinski definition) is 5. The van der Waals surface area contributed by atoms with Crippen LogP contribution >= 0.6 is 0 Å². The molecular formula is C20H29NO9. The zero-order chi connectivity index (χ0) is 22.6. The molecule has 0 saturated carbocycles. The Kier molecular flexibility index (Phi) is 8.02. The van der Waals surface area contributed by atoms with Gasteiger partial charge in [-0.2, -0.15) is 0 Å². The molecule has 1 saturated heterocycles. The highest BCUT2D eigenvalue weighted by Crippen LogP contribution is 2.31. The predicted octanol–water partition coefficient (Wildman–Crippen LogP) is 0.477. The molecular weight excluding hydrogens is 398 g/mol. The third-order valence-corrected chi connectivity index (χ3v) is 4.40. The second kappa shape index (κ2) is 10.1. The van der Waals surface area contributed by atoms with E-state index in [1.165, 1.54) is 0 Å². The molecule has 1 aromatic carbocycles. The van der Waals surface area contributed by atoms with Crippen LogP contribution in [-0.4, -0.2) is 69.1 Å². The quantitative estimate of drug-likeness (QED) is 0.370. The first-order valence-electron chi connectivity index (χ1n) is 9.66. The molecule has 0 bridgehead atoms. The molecule has 0 spiro atoms. The van der Waals surface area contributed by atoms with Gasteiger partial charge in [-0.15, -0.1) is 0 Å². The lowest BCUT2D eigenvalue weighted by atomic mass is 9.99. The summed E-state index contributed by atoms with van der Waals surface area (Å²) in [5.41, 5.74) is 1.18.